The van der Waals surface area contributed by atoms with E-state index in [2.05, 4.69) is 10.4 Å². The number of nitrogens with zero attached hydrogens (tertiary/aromatic N) is 2. The van der Waals surface area contributed by atoms with E-state index in [1.165, 1.54) is 10.7 Å². The number of carbonyl (C=O) groups is 1. The van der Waals surface area contributed by atoms with Gasteiger partial charge in [0.2, 0.25) is 0 Å². The van der Waals surface area contributed by atoms with Crippen LogP contribution in [0.4, 0.5) is 5.69 Å². The fraction of sp³-hybridized carbons (Fsp3) is 0.150. The molecule has 0 aliphatic carbocycles. The van der Waals surface area contributed by atoms with E-state index in [9.17, 15) is 9.59 Å². The predicted molar refractivity (Wildman–Crippen MR) is 100 cm³/mol. The van der Waals surface area contributed by atoms with E-state index in [-0.39, 0.29) is 11.5 Å². The fourth-order valence-electron chi connectivity index (χ4n) is 2.51. The quantitative estimate of drug-likeness (QED) is 0.768. The van der Waals surface area contributed by atoms with Crippen LogP contribution in [0.25, 0.3) is 11.3 Å². The van der Waals surface area contributed by atoms with Crippen LogP contribution >= 0.6 is 0 Å². The summed E-state index contributed by atoms with van der Waals surface area (Å²) in [6, 6.07) is 17.6. The monoisotopic (exact) mass is 349 g/mol. The van der Waals surface area contributed by atoms with Crippen molar-refractivity contribution in [3.63, 3.8) is 0 Å². The van der Waals surface area contributed by atoms with Crippen molar-refractivity contribution >= 4 is 11.6 Å². The zero-order valence-corrected chi connectivity index (χ0v) is 14.6. The summed E-state index contributed by atoms with van der Waals surface area (Å²) in [5.74, 6) is 0.320. The lowest BCUT2D eigenvalue weighted by molar-refractivity contribution is 0.102. The van der Waals surface area contributed by atoms with Crippen LogP contribution in [0.3, 0.4) is 0 Å². The van der Waals surface area contributed by atoms with Crippen molar-refractivity contribution in [2.75, 3.05) is 11.9 Å². The number of benzene rings is 2. The molecule has 6 nitrogen and oxygen atoms in total. The van der Waals surface area contributed by atoms with Crippen LogP contribution < -0.4 is 15.6 Å². The minimum absolute atomic E-state index is 0.161. The van der Waals surface area contributed by atoms with Gasteiger partial charge >= 0.3 is 0 Å². The number of carbonyl (C=O) groups excluding carboxylic acids is 1. The summed E-state index contributed by atoms with van der Waals surface area (Å²) in [5, 5.41) is 7.08. The van der Waals surface area contributed by atoms with E-state index < -0.39 is 0 Å². The first-order valence-electron chi connectivity index (χ1n) is 8.26. The topological polar surface area (TPSA) is 73.2 Å². The molecule has 0 radical (unpaired) electrons. The van der Waals surface area contributed by atoms with Gasteiger partial charge in [-0.2, -0.15) is 5.10 Å². The van der Waals surface area contributed by atoms with Crippen molar-refractivity contribution in [1.82, 2.24) is 9.78 Å². The lowest BCUT2D eigenvalue weighted by Gasteiger charge is -2.11. The fourth-order valence-corrected chi connectivity index (χ4v) is 2.51. The standard InChI is InChI=1S/C20H19N3O3/c1-3-26-18-7-5-4-6-16(18)20(25)21-15-10-8-14(9-11-15)17-12-13-19(24)23(2)22-17/h4-13H,3H2,1-2H3,(H,21,25). The Bertz CT molecular complexity index is 978. The number of aryl methyl sites for hydroxylation is 1. The molecule has 1 heterocycles. The Kier molecular flexibility index (Phi) is 5.12. The number of amides is 1. The molecule has 0 aliphatic heterocycles. The molecule has 26 heavy (non-hydrogen) atoms. The first-order chi connectivity index (χ1) is 12.6. The highest BCUT2D eigenvalue weighted by Gasteiger charge is 2.12. The molecule has 1 amide bonds. The largest absolute Gasteiger partial charge is 0.493 e. The Hall–Kier alpha value is -3.41. The lowest BCUT2D eigenvalue weighted by atomic mass is 10.1. The number of anilines is 1. The van der Waals surface area contributed by atoms with Gasteiger partial charge in [-0.15, -0.1) is 0 Å². The van der Waals surface area contributed by atoms with E-state index in [1.54, 1.807) is 43.4 Å². The number of aromatic nitrogens is 2. The number of para-hydroxylation sites is 1. The minimum Gasteiger partial charge on any atom is -0.493 e. The molecule has 132 valence electrons. The van der Waals surface area contributed by atoms with Gasteiger partial charge in [0.05, 0.1) is 17.9 Å². The maximum absolute atomic E-state index is 12.5. The van der Waals surface area contributed by atoms with Crippen LogP contribution in [0.15, 0.2) is 65.5 Å². The van der Waals surface area contributed by atoms with Crippen molar-refractivity contribution in [2.24, 2.45) is 7.05 Å². The number of rotatable bonds is 5. The van der Waals surface area contributed by atoms with Crippen LogP contribution in [0.5, 0.6) is 5.75 Å². The van der Waals surface area contributed by atoms with Crippen molar-refractivity contribution in [3.8, 4) is 17.0 Å². The Morgan fingerprint density at radius 3 is 2.50 bits per heavy atom. The summed E-state index contributed by atoms with van der Waals surface area (Å²) in [6.07, 6.45) is 0. The smallest absolute Gasteiger partial charge is 0.266 e. The molecule has 6 heteroatoms. The molecule has 1 aromatic heterocycles. The second-order valence-electron chi connectivity index (χ2n) is 5.64. The van der Waals surface area contributed by atoms with E-state index in [4.69, 9.17) is 4.74 Å². The minimum atomic E-state index is -0.234. The highest BCUT2D eigenvalue weighted by atomic mass is 16.5. The molecule has 3 rings (SSSR count). The highest BCUT2D eigenvalue weighted by molar-refractivity contribution is 6.06. The molecule has 0 unspecified atom stereocenters. The molecule has 0 atom stereocenters. The first-order valence-corrected chi connectivity index (χ1v) is 8.26. The second kappa shape index (κ2) is 7.65. The van der Waals surface area contributed by atoms with Crippen LogP contribution in [0, 0.1) is 0 Å². The van der Waals surface area contributed by atoms with Gasteiger partial charge in [0.1, 0.15) is 5.75 Å². The third kappa shape index (κ3) is 3.80. The third-order valence-corrected chi connectivity index (χ3v) is 3.83. The number of hydrogen-bond donors (Lipinski definition) is 1. The molecular weight excluding hydrogens is 330 g/mol. The summed E-state index contributed by atoms with van der Waals surface area (Å²) in [6.45, 7) is 2.37. The maximum atomic E-state index is 12.5. The van der Waals surface area contributed by atoms with Gasteiger partial charge < -0.3 is 10.1 Å². The Balaban J connectivity index is 1.78. The Morgan fingerprint density at radius 2 is 1.81 bits per heavy atom. The molecule has 0 aliphatic rings. The van der Waals surface area contributed by atoms with Gasteiger partial charge in [-0.3, -0.25) is 9.59 Å². The third-order valence-electron chi connectivity index (χ3n) is 3.83. The lowest BCUT2D eigenvalue weighted by Crippen LogP contribution is -2.18. The molecule has 2 aromatic carbocycles. The summed E-state index contributed by atoms with van der Waals surface area (Å²) in [7, 11) is 1.61. The molecule has 0 saturated carbocycles. The van der Waals surface area contributed by atoms with Crippen molar-refractivity contribution in [2.45, 2.75) is 6.92 Å². The van der Waals surface area contributed by atoms with Crippen LogP contribution in [-0.2, 0) is 7.05 Å². The van der Waals surface area contributed by atoms with Crippen LogP contribution in [0.2, 0.25) is 0 Å². The average Bonchev–Trinajstić information content (AvgIpc) is 2.65. The van der Waals surface area contributed by atoms with Gasteiger partial charge in [-0.05, 0) is 37.3 Å². The molecule has 0 saturated heterocycles. The second-order valence-corrected chi connectivity index (χ2v) is 5.64. The van der Waals surface area contributed by atoms with Crippen LogP contribution in [0.1, 0.15) is 17.3 Å². The molecule has 0 spiro atoms. The summed E-state index contributed by atoms with van der Waals surface area (Å²) in [4.78, 5) is 23.9. The molecule has 0 bridgehead atoms. The van der Waals surface area contributed by atoms with Crippen LogP contribution in [-0.4, -0.2) is 22.3 Å². The van der Waals surface area contributed by atoms with E-state index in [1.807, 2.05) is 25.1 Å². The van der Waals surface area contributed by atoms with Gasteiger partial charge in [0.25, 0.3) is 11.5 Å². The Labute approximate surface area is 151 Å². The van der Waals surface area contributed by atoms with Gasteiger partial charge in [0.15, 0.2) is 0 Å². The van der Waals surface area contributed by atoms with E-state index >= 15 is 0 Å². The van der Waals surface area contributed by atoms with Gasteiger partial charge in [0, 0.05) is 24.4 Å². The van der Waals surface area contributed by atoms with Gasteiger partial charge in [-0.1, -0.05) is 24.3 Å². The molecular formula is C20H19N3O3. The molecule has 3 aromatic rings. The van der Waals surface area contributed by atoms with E-state index in [0.717, 1.165) is 5.56 Å². The zero-order valence-electron chi connectivity index (χ0n) is 14.6. The SMILES string of the molecule is CCOc1ccccc1C(=O)Nc1ccc(-c2ccc(=O)n(C)n2)cc1. The summed E-state index contributed by atoms with van der Waals surface area (Å²) in [5.41, 5.74) is 2.53. The van der Waals surface area contributed by atoms with Gasteiger partial charge in [-0.25, -0.2) is 4.68 Å². The molecule has 0 fully saturated rings. The Morgan fingerprint density at radius 1 is 1.08 bits per heavy atom. The first kappa shape index (κ1) is 17.4. The number of nitrogens with one attached hydrogen (secondary N) is 1. The van der Waals surface area contributed by atoms with E-state index in [0.29, 0.717) is 29.3 Å². The number of ether oxygens (including phenoxy) is 1. The zero-order chi connectivity index (χ0) is 18.5. The number of hydrogen-bond acceptors (Lipinski definition) is 4. The summed E-state index contributed by atoms with van der Waals surface area (Å²) >= 11 is 0. The predicted octanol–water partition coefficient (Wildman–Crippen LogP) is 3.10. The highest BCUT2D eigenvalue weighted by Crippen LogP contribution is 2.22. The van der Waals surface area contributed by atoms with Crippen molar-refractivity contribution < 1.29 is 9.53 Å². The maximum Gasteiger partial charge on any atom is 0.266 e. The average molecular weight is 349 g/mol. The van der Waals surface area contributed by atoms with Crippen molar-refractivity contribution in [3.05, 3.63) is 76.6 Å². The summed E-state index contributed by atoms with van der Waals surface area (Å²) < 4.78 is 6.78. The molecule has 1 N–H and O–H groups in total. The van der Waals surface area contributed by atoms with Crippen molar-refractivity contribution in [1.29, 1.82) is 0 Å². The normalized spacial score (nSPS) is 10.4.